The zero-order valence-electron chi connectivity index (χ0n) is 14.7. The normalized spacial score (nSPS) is 19.9. The number of hydroxylamine groups is 1. The van der Waals surface area contributed by atoms with Gasteiger partial charge >= 0.3 is 160 Å². The summed E-state index contributed by atoms with van der Waals surface area (Å²) in [6.45, 7) is 4.15. The van der Waals surface area contributed by atoms with Crippen LogP contribution in [0.2, 0.25) is 12.0 Å². The van der Waals surface area contributed by atoms with Crippen LogP contribution in [0.1, 0.15) is 32.6 Å². The van der Waals surface area contributed by atoms with Crippen LogP contribution in [-0.4, -0.2) is 51.7 Å². The molecule has 6 nitrogen and oxygen atoms in total. The van der Waals surface area contributed by atoms with Crippen LogP contribution >= 0.6 is 11.3 Å². The number of primary amides is 1. The molecule has 3 rings (SSSR count). The predicted octanol–water partition coefficient (Wildman–Crippen LogP) is 1.84. The molecule has 3 heterocycles. The first-order valence-electron chi connectivity index (χ1n) is 8.64. The fourth-order valence-corrected chi connectivity index (χ4v) is 12.1. The molecule has 134 valence electrons. The van der Waals surface area contributed by atoms with Gasteiger partial charge in [0.15, 0.2) is 0 Å². The summed E-state index contributed by atoms with van der Waals surface area (Å²) < 4.78 is 2.44. The fourth-order valence-electron chi connectivity index (χ4n) is 3.55. The molecule has 2 amide bonds. The van der Waals surface area contributed by atoms with Gasteiger partial charge in [0.05, 0.1) is 0 Å². The summed E-state index contributed by atoms with van der Waals surface area (Å²) in [6.07, 6.45) is 5.28. The first-order chi connectivity index (χ1) is 12.0. The van der Waals surface area contributed by atoms with E-state index in [9.17, 15) is 9.59 Å². The van der Waals surface area contributed by atoms with Crippen molar-refractivity contribution in [2.24, 2.45) is 5.73 Å². The zero-order chi connectivity index (χ0) is 18.0. The van der Waals surface area contributed by atoms with Gasteiger partial charge in [0.2, 0.25) is 0 Å². The standard InChI is InChI=1S/C12H16N3O3S.C5H8.In/c1-7(16)14-18-6-10-11(12(13)17)8-3-4-15(2)5-9(8)19-10;1-3-5-4-2;/h1,3-6H2,2H3,(H2,13,17)(H,14,16);3-5H,1H2,2H3;. The van der Waals surface area contributed by atoms with E-state index in [4.69, 9.17) is 10.6 Å². The molecule has 2 aliphatic rings. The number of carbonyl (C=O) groups excluding carboxylic acids is 2. The summed E-state index contributed by atoms with van der Waals surface area (Å²) in [4.78, 5) is 33.6. The number of amides is 2. The number of nitrogens with one attached hydrogen (secondary N) is 1. The molecular weight excluding hydrogens is 441 g/mol. The first kappa shape index (κ1) is 18.9. The number of rotatable bonds is 6. The topological polar surface area (TPSA) is 84.7 Å². The Hall–Kier alpha value is -0.830. The van der Waals surface area contributed by atoms with Crippen LogP contribution in [0, 0.1) is 0 Å². The molecule has 0 spiro atoms. The molecule has 0 fully saturated rings. The van der Waals surface area contributed by atoms with E-state index in [0.29, 0.717) is 13.4 Å². The third-order valence-corrected chi connectivity index (χ3v) is 16.2. The average molecular weight is 465 g/mol. The second kappa shape index (κ2) is 8.24. The number of fused-ring (bicyclic) bond motifs is 1. The van der Waals surface area contributed by atoms with Gasteiger partial charge in [-0.25, -0.2) is 0 Å². The Balaban J connectivity index is 1.58. The molecule has 1 aromatic heterocycles. The summed E-state index contributed by atoms with van der Waals surface area (Å²) in [6, 6.07) is 0. The van der Waals surface area contributed by atoms with Crippen molar-refractivity contribution in [3.05, 3.63) is 33.0 Å². The van der Waals surface area contributed by atoms with E-state index in [2.05, 4.69) is 36.5 Å². The van der Waals surface area contributed by atoms with Crippen LogP contribution in [-0.2, 0) is 29.2 Å². The molecule has 0 bridgehead atoms. The van der Waals surface area contributed by atoms with Gasteiger partial charge in [-0.05, 0) is 0 Å². The van der Waals surface area contributed by atoms with E-state index in [1.165, 1.54) is 4.88 Å². The Kier molecular flexibility index (Phi) is 6.25. The molecule has 1 unspecified atom stereocenters. The van der Waals surface area contributed by atoms with E-state index in [0.717, 1.165) is 34.1 Å². The van der Waals surface area contributed by atoms with Crippen molar-refractivity contribution in [2.75, 3.05) is 13.6 Å². The molecule has 1 atom stereocenters. The van der Waals surface area contributed by atoms with Gasteiger partial charge < -0.3 is 0 Å². The summed E-state index contributed by atoms with van der Waals surface area (Å²) in [5.74, 6) is -0.438. The van der Waals surface area contributed by atoms with Crippen molar-refractivity contribution >= 4 is 44.6 Å². The van der Waals surface area contributed by atoms with Gasteiger partial charge in [-0.3, -0.25) is 0 Å². The Morgan fingerprint density at radius 2 is 2.32 bits per heavy atom. The number of hydrogen-bond acceptors (Lipinski definition) is 5. The van der Waals surface area contributed by atoms with E-state index in [-0.39, 0.29) is 12.5 Å². The number of carbonyl (C=O) groups is 2. The molecular formula is C17H24InN3O3S. The van der Waals surface area contributed by atoms with E-state index in [1.807, 2.05) is 0 Å². The van der Waals surface area contributed by atoms with Gasteiger partial charge in [-0.1, -0.05) is 0 Å². The zero-order valence-corrected chi connectivity index (χ0v) is 18.8. The van der Waals surface area contributed by atoms with Crippen molar-refractivity contribution in [1.29, 1.82) is 0 Å². The van der Waals surface area contributed by atoms with Crippen molar-refractivity contribution in [3.63, 3.8) is 0 Å². The molecule has 0 saturated heterocycles. The maximum absolute atomic E-state index is 12.1. The number of hydrogen-bond donors (Lipinski definition) is 2. The molecule has 2 aliphatic heterocycles. The second-order valence-corrected chi connectivity index (χ2v) is 18.0. The third kappa shape index (κ3) is 4.48. The van der Waals surface area contributed by atoms with Crippen LogP contribution in [0.5, 0.6) is 0 Å². The molecule has 3 N–H and O–H groups in total. The first-order valence-corrected chi connectivity index (χ1v) is 16.0. The van der Waals surface area contributed by atoms with E-state index < -0.39 is 27.3 Å². The molecule has 0 aliphatic carbocycles. The van der Waals surface area contributed by atoms with Crippen LogP contribution in [0.4, 0.5) is 0 Å². The summed E-state index contributed by atoms with van der Waals surface area (Å²) in [5.41, 5.74) is 9.80. The number of allylic oxidation sites excluding steroid dienone is 2. The summed E-state index contributed by atoms with van der Waals surface area (Å²) in [7, 11) is 2.06. The third-order valence-electron chi connectivity index (χ3n) is 5.03. The predicted molar refractivity (Wildman–Crippen MR) is 99.7 cm³/mol. The van der Waals surface area contributed by atoms with Crippen molar-refractivity contribution in [2.45, 2.75) is 38.5 Å². The summed E-state index contributed by atoms with van der Waals surface area (Å²) >= 11 is -0.228. The van der Waals surface area contributed by atoms with Crippen LogP contribution in [0.15, 0.2) is 12.2 Å². The van der Waals surface area contributed by atoms with Gasteiger partial charge in [0.1, 0.15) is 0 Å². The monoisotopic (exact) mass is 465 g/mol. The van der Waals surface area contributed by atoms with Crippen molar-refractivity contribution in [1.82, 2.24) is 10.4 Å². The van der Waals surface area contributed by atoms with Gasteiger partial charge in [0, 0.05) is 0 Å². The van der Waals surface area contributed by atoms with E-state index in [1.54, 1.807) is 11.3 Å². The Labute approximate surface area is 159 Å². The maximum atomic E-state index is 12.1. The minimum absolute atomic E-state index is 0.0296. The van der Waals surface area contributed by atoms with Gasteiger partial charge in [-0.2, -0.15) is 0 Å². The summed E-state index contributed by atoms with van der Waals surface area (Å²) in [5, 5.41) is 0. The van der Waals surface area contributed by atoms with Gasteiger partial charge in [0.25, 0.3) is 0 Å². The molecule has 0 aromatic carbocycles. The van der Waals surface area contributed by atoms with Crippen molar-refractivity contribution < 1.29 is 14.4 Å². The Bertz CT molecular complexity index is 704. The SMILES string of the molecule is C[CH]1C=C[CH2][In]1[CH2]C(=O)NOCc1sc2c(c1C(N)=O)CCN(C)C2. The molecule has 1 aromatic rings. The second-order valence-electron chi connectivity index (χ2n) is 6.96. The van der Waals surface area contributed by atoms with Crippen LogP contribution in [0.3, 0.4) is 0 Å². The average Bonchev–Trinajstić information content (AvgIpc) is 3.10. The molecule has 8 heteroatoms. The Morgan fingerprint density at radius 3 is 3.00 bits per heavy atom. The molecule has 25 heavy (non-hydrogen) atoms. The van der Waals surface area contributed by atoms with Crippen molar-refractivity contribution in [3.8, 4) is 0 Å². The number of nitrogens with zero attached hydrogens (tertiary/aromatic N) is 1. The van der Waals surface area contributed by atoms with Crippen LogP contribution < -0.4 is 11.2 Å². The quantitative estimate of drug-likeness (QED) is 0.496. The number of likely N-dealkylation sites (N-methyl/N-ethyl adjacent to an activating group) is 1. The van der Waals surface area contributed by atoms with Gasteiger partial charge in [-0.15, -0.1) is 0 Å². The number of nitrogens with two attached hydrogens (primary N) is 1. The number of thiophene rings is 1. The van der Waals surface area contributed by atoms with E-state index >= 15 is 0 Å². The molecule has 0 saturated carbocycles. The fraction of sp³-hybridized carbons (Fsp3) is 0.529. The Morgan fingerprint density at radius 1 is 1.52 bits per heavy atom. The molecule has 0 radical (unpaired) electrons. The minimum atomic E-state index is -1.79. The van der Waals surface area contributed by atoms with Crippen LogP contribution in [0.25, 0.3) is 0 Å².